The molecule has 0 atom stereocenters. The van der Waals surface area contributed by atoms with Crippen LogP contribution in [0.25, 0.3) is 38.2 Å². The Morgan fingerprint density at radius 1 is 0.625 bits per heavy atom. The molecule has 0 radical (unpaired) electrons. The Balaban J connectivity index is 0.00000552. The zero-order chi connectivity index (χ0) is 61.7. The lowest BCUT2D eigenvalue weighted by Gasteiger charge is -2.38. The van der Waals surface area contributed by atoms with E-state index in [1.807, 2.05) is 36.4 Å². The van der Waals surface area contributed by atoms with Gasteiger partial charge in [-0.2, -0.15) is 0 Å². The summed E-state index contributed by atoms with van der Waals surface area (Å²) in [5.74, 6) is -0.133. The number of nitrogens with one attached hydrogen (secondary N) is 1. The van der Waals surface area contributed by atoms with Crippen LogP contribution in [0.15, 0.2) is 175 Å². The Morgan fingerprint density at radius 2 is 1.17 bits per heavy atom. The topological polar surface area (TPSA) is 140 Å². The van der Waals surface area contributed by atoms with Crippen molar-refractivity contribution < 1.29 is 46.7 Å². The average Bonchev–Trinajstić information content (AvgIpc) is 0.826. The van der Waals surface area contributed by atoms with Crippen molar-refractivity contribution in [1.29, 1.82) is 0 Å². The minimum atomic E-state index is -2.18. The van der Waals surface area contributed by atoms with Crippen LogP contribution in [-0.2, 0) is 35.8 Å². The van der Waals surface area contributed by atoms with E-state index in [-0.39, 0.29) is 31.5 Å². The maximum absolute atomic E-state index is 12.8. The van der Waals surface area contributed by atoms with Gasteiger partial charge < -0.3 is 42.7 Å². The van der Waals surface area contributed by atoms with Gasteiger partial charge in [0.25, 0.3) is 0 Å². The van der Waals surface area contributed by atoms with Crippen LogP contribution in [-0.4, -0.2) is 122 Å². The number of nitrogens with zero attached hydrogens (tertiary/aromatic N) is 4. The first-order chi connectivity index (χ1) is 41.0. The van der Waals surface area contributed by atoms with Gasteiger partial charge in [-0.15, -0.1) is 0 Å². The molecule has 1 amide bonds. The Hall–Kier alpha value is -7.23. The largest absolute Gasteiger partial charge is 1.00 e. The van der Waals surface area contributed by atoms with Gasteiger partial charge >= 0.3 is 14.2 Å². The molecule has 0 spiro atoms. The molecule has 2 aliphatic rings. The van der Waals surface area contributed by atoms with Gasteiger partial charge in [0, 0.05) is 83.2 Å². The maximum Gasteiger partial charge on any atom is 0.488 e. The highest BCUT2D eigenvalue weighted by atomic mass is 35.5. The molecule has 11 nitrogen and oxygen atoms in total. The molecule has 1 heterocycles. The van der Waals surface area contributed by atoms with Crippen LogP contribution in [0.1, 0.15) is 91.5 Å². The normalized spacial score (nSPS) is 13.2. The highest BCUT2D eigenvalue weighted by Gasteiger charge is 2.41. The smallest absolute Gasteiger partial charge is 0.488 e. The van der Waals surface area contributed by atoms with Gasteiger partial charge in [-0.05, 0) is 193 Å². The second-order valence-corrected chi connectivity index (χ2v) is 28.9. The summed E-state index contributed by atoms with van der Waals surface area (Å²) < 4.78 is 2.20. The van der Waals surface area contributed by atoms with E-state index in [4.69, 9.17) is 0 Å². The van der Waals surface area contributed by atoms with Crippen LogP contribution in [0.3, 0.4) is 0 Å². The number of amides is 1. The lowest BCUT2D eigenvalue weighted by Crippen LogP contribution is -3.00. The predicted octanol–water partition coefficient (Wildman–Crippen LogP) is 7.22. The summed E-state index contributed by atoms with van der Waals surface area (Å²) in [7, 11) is 2.97. The van der Waals surface area contributed by atoms with Gasteiger partial charge in [-0.25, -0.2) is 4.58 Å². The monoisotopic (exact) mass is 1220 g/mol. The molecule has 0 saturated carbocycles. The quantitative estimate of drug-likeness (QED) is 0.0140. The van der Waals surface area contributed by atoms with Crippen molar-refractivity contribution >= 4 is 88.6 Å². The molecule has 0 unspecified atom stereocenters. The number of hydrogen-bond acceptors (Lipinski definition) is 9. The van der Waals surface area contributed by atoms with E-state index >= 15 is 0 Å². The van der Waals surface area contributed by atoms with Gasteiger partial charge in [0.2, 0.25) is 5.91 Å². The number of rotatable bonds is 24. The molecule has 0 aromatic heterocycles. The first-order valence-corrected chi connectivity index (χ1v) is 33.1. The maximum atomic E-state index is 12.8. The molecule has 15 heteroatoms. The van der Waals surface area contributed by atoms with E-state index in [9.17, 15) is 29.7 Å². The number of halogens is 1. The summed E-state index contributed by atoms with van der Waals surface area (Å²) in [6.45, 7) is 24.2. The van der Waals surface area contributed by atoms with Crippen molar-refractivity contribution in [2.24, 2.45) is 0 Å². The van der Waals surface area contributed by atoms with Crippen LogP contribution in [0, 0.1) is 13.8 Å². The van der Waals surface area contributed by atoms with Crippen LogP contribution < -0.4 is 38.7 Å². The van der Waals surface area contributed by atoms with Gasteiger partial charge in [0.05, 0.1) is 0 Å². The summed E-state index contributed by atoms with van der Waals surface area (Å²) in [6.07, 6.45) is 9.49. The summed E-state index contributed by atoms with van der Waals surface area (Å²) >= 11 is 0. The summed E-state index contributed by atoms with van der Waals surface area (Å²) in [6, 6.07) is 42.2. The first kappa shape index (κ1) is 68.3. The summed E-state index contributed by atoms with van der Waals surface area (Å²) in [5.41, 5.74) is 17.7. The van der Waals surface area contributed by atoms with Crippen LogP contribution in [0.5, 0.6) is 0 Å². The number of carbonyl (C=O) groups excluding carboxylic acids is 2. The van der Waals surface area contributed by atoms with E-state index in [0.29, 0.717) is 87.1 Å². The molecule has 5 N–H and O–H groups in total. The molecule has 0 fully saturated rings. The zero-order valence-electron chi connectivity index (χ0n) is 52.4. The molecule has 0 saturated heterocycles. The van der Waals surface area contributed by atoms with Gasteiger partial charge in [0.15, 0.2) is 11.5 Å². The number of hydrogen-bond donors (Lipinski definition) is 5. The molecule has 1 aliphatic heterocycles. The molecular weight excluding hydrogens is 1130 g/mol. The number of Topliss-reactive ketones (excluding diaryl/α,β-unsaturated/α-hetero) is 1. The SMILES string of the molecule is C.C=C(C)C(=O)CCCCN(Cc1ccccc1B(O)O)Cc1c2ccccc2c(CN(CCCNC(=O)C(=C)C)Cc2ccccc2B(O)O)c2ccc(-c3cc(C)c(C4=C5C=CC(=[N+](C)C)C=C5[Si](C)(C)c5cc(N(C)C)ccc54)cc3C)cc12.[Cl-]. The van der Waals surface area contributed by atoms with Crippen molar-refractivity contribution in [3.63, 3.8) is 0 Å². The first-order valence-electron chi connectivity index (χ1n) is 30.1. The van der Waals surface area contributed by atoms with Crippen LogP contribution in [0.2, 0.25) is 13.1 Å². The van der Waals surface area contributed by atoms with Crippen molar-refractivity contribution in [3.8, 4) is 11.1 Å². The summed E-state index contributed by atoms with van der Waals surface area (Å²) in [5, 5.41) is 52.7. The molecule has 458 valence electrons. The fourth-order valence-corrected chi connectivity index (χ4v) is 15.7. The molecule has 0 bridgehead atoms. The van der Waals surface area contributed by atoms with Crippen molar-refractivity contribution in [1.82, 2.24) is 15.1 Å². The number of ketones is 1. The van der Waals surface area contributed by atoms with Gasteiger partial charge in [-0.1, -0.05) is 137 Å². The fraction of sp³-hybridized carbons (Fsp3) is 0.301. The number of aryl methyl sites for hydroxylation is 2. The fourth-order valence-electron chi connectivity index (χ4n) is 12.6. The van der Waals surface area contributed by atoms with E-state index < -0.39 is 22.3 Å². The molecule has 1 aliphatic carbocycles. The second kappa shape index (κ2) is 29.4. The van der Waals surface area contributed by atoms with E-state index in [1.165, 1.54) is 49.6 Å². The number of carbonyl (C=O) groups is 2. The van der Waals surface area contributed by atoms with Crippen LogP contribution in [0.4, 0.5) is 5.69 Å². The number of benzene rings is 7. The Bertz CT molecular complexity index is 3940. The minimum Gasteiger partial charge on any atom is -1.00 e. The van der Waals surface area contributed by atoms with Gasteiger partial charge in [-0.3, -0.25) is 19.4 Å². The third-order valence-electron chi connectivity index (χ3n) is 17.5. The van der Waals surface area contributed by atoms with Gasteiger partial charge in [0.1, 0.15) is 22.2 Å². The molecule has 7 aromatic carbocycles. The summed E-state index contributed by atoms with van der Waals surface area (Å²) in [4.78, 5) is 32.4. The zero-order valence-corrected chi connectivity index (χ0v) is 54.2. The van der Waals surface area contributed by atoms with Crippen molar-refractivity contribution in [3.05, 3.63) is 219 Å². The Labute approximate surface area is 530 Å². The van der Waals surface area contributed by atoms with E-state index in [2.05, 4.69) is 184 Å². The van der Waals surface area contributed by atoms with E-state index in [0.717, 1.165) is 66.9 Å². The van der Waals surface area contributed by atoms with Crippen LogP contribution >= 0.6 is 0 Å². The predicted molar refractivity (Wildman–Crippen MR) is 368 cm³/mol. The van der Waals surface area contributed by atoms with E-state index in [1.54, 1.807) is 26.0 Å². The average molecular weight is 1220 g/mol. The number of unbranched alkanes of at least 4 members (excludes halogenated alkanes) is 1. The van der Waals surface area contributed by atoms with Crippen molar-refractivity contribution in [2.45, 2.75) is 100 Å². The molecular formula is C73H88B2ClN5O6Si. The molecule has 7 aromatic rings. The Kier molecular flexibility index (Phi) is 22.8. The molecule has 9 rings (SSSR count). The number of anilines is 1. The standard InChI is InChI=1S/C72H83B2N5O6Si.CH4.ClH/c1-47(2)68(80)28-19-20-36-78(43-52-22-13-17-26-66(52)73(82)83)46-65-57-25-16-15-24-56(57)64(45-79(37-21-35-75-72(81)48(3)4)44-53-23-14-18-27-67(53)74(84)85)58-32-29-51(40-63(58)65)61-38-50(6)62(39-49(61)5)71-59-33-30-54(76(7)8)41-69(59)86(11,12)70-42-55(77(9)10)31-34-60(70)71;;/h13-18,22-27,29-34,38-42,82-85H,1,3,19-21,28,35-37,43-46H2,2,4-12H3;1H4;1H. The second-order valence-electron chi connectivity index (χ2n) is 24.6. The highest BCUT2D eigenvalue weighted by molar-refractivity contribution is 6.98. The minimum absolute atomic E-state index is 0. The molecule has 88 heavy (non-hydrogen) atoms. The third kappa shape index (κ3) is 14.9. The lowest BCUT2D eigenvalue weighted by molar-refractivity contribution is -0.462. The van der Waals surface area contributed by atoms with Crippen molar-refractivity contribution in [2.75, 3.05) is 52.7 Å². The highest BCUT2D eigenvalue weighted by Crippen LogP contribution is 2.45. The number of fused-ring (bicyclic) bond motifs is 4. The Morgan fingerprint density at radius 3 is 1.74 bits per heavy atom. The lowest BCUT2D eigenvalue weighted by atomic mass is 9.77. The third-order valence-corrected chi connectivity index (χ3v) is 21.0. The number of allylic oxidation sites excluding steroid dienone is 6.